The van der Waals surface area contributed by atoms with Crippen molar-refractivity contribution in [3.05, 3.63) is 45.8 Å². The predicted molar refractivity (Wildman–Crippen MR) is 64.1 cm³/mol. The number of aromatic nitrogens is 3. The second-order valence-electron chi connectivity index (χ2n) is 3.88. The normalized spacial score (nSPS) is 10.4. The van der Waals surface area contributed by atoms with Gasteiger partial charge in [-0.05, 0) is 13.0 Å². The molecule has 0 atom stereocenters. The van der Waals surface area contributed by atoms with E-state index in [1.807, 2.05) is 0 Å². The van der Waals surface area contributed by atoms with Crippen molar-refractivity contribution in [2.24, 2.45) is 0 Å². The largest absolute Gasteiger partial charge is 0.481 e. The maximum absolute atomic E-state index is 10.7. The van der Waals surface area contributed by atoms with Crippen LogP contribution in [-0.4, -0.2) is 31.0 Å². The van der Waals surface area contributed by atoms with Gasteiger partial charge in [-0.3, -0.25) is 14.9 Å². The predicted octanol–water partition coefficient (Wildman–Crippen LogP) is 1.11. The summed E-state index contributed by atoms with van der Waals surface area (Å²) in [5, 5.41) is 27.0. The molecule has 98 valence electrons. The third-order valence-electron chi connectivity index (χ3n) is 2.59. The molecular weight excluding hydrogens is 252 g/mol. The topological polar surface area (TPSA) is 111 Å². The smallest absolute Gasteiger partial charge is 0.309 e. The Morgan fingerprint density at radius 1 is 1.53 bits per heavy atom. The van der Waals surface area contributed by atoms with Crippen LogP contribution in [0.3, 0.4) is 0 Å². The number of benzene rings is 1. The van der Waals surface area contributed by atoms with E-state index < -0.39 is 10.9 Å². The molecular formula is C11H10N4O4. The summed E-state index contributed by atoms with van der Waals surface area (Å²) in [5.41, 5.74) is 1.28. The van der Waals surface area contributed by atoms with Crippen molar-refractivity contribution in [1.29, 1.82) is 0 Å². The van der Waals surface area contributed by atoms with E-state index in [0.29, 0.717) is 17.1 Å². The lowest BCUT2D eigenvalue weighted by atomic mass is 10.2. The van der Waals surface area contributed by atoms with Gasteiger partial charge in [0.25, 0.3) is 5.69 Å². The number of hydrogen-bond acceptors (Lipinski definition) is 5. The van der Waals surface area contributed by atoms with E-state index >= 15 is 0 Å². The van der Waals surface area contributed by atoms with E-state index in [2.05, 4.69) is 10.3 Å². The zero-order chi connectivity index (χ0) is 14.0. The van der Waals surface area contributed by atoms with E-state index in [1.54, 1.807) is 13.0 Å². The molecule has 2 aromatic rings. The van der Waals surface area contributed by atoms with Crippen LogP contribution >= 0.6 is 0 Å². The van der Waals surface area contributed by atoms with Gasteiger partial charge in [0, 0.05) is 12.1 Å². The molecule has 0 aliphatic heterocycles. The average Bonchev–Trinajstić information content (AvgIpc) is 2.70. The average molecular weight is 262 g/mol. The Morgan fingerprint density at radius 3 is 2.89 bits per heavy atom. The minimum atomic E-state index is -1.01. The summed E-state index contributed by atoms with van der Waals surface area (Å²) in [6.07, 6.45) is -0.235. The number of nitrogens with zero attached hydrogens (tertiary/aromatic N) is 4. The zero-order valence-corrected chi connectivity index (χ0v) is 9.98. The molecule has 2 rings (SSSR count). The number of carbonyl (C=O) groups is 1. The summed E-state index contributed by atoms with van der Waals surface area (Å²) in [6, 6.07) is 5.89. The molecule has 0 saturated carbocycles. The molecule has 8 heteroatoms. The zero-order valence-electron chi connectivity index (χ0n) is 9.98. The van der Waals surface area contributed by atoms with Gasteiger partial charge in [-0.25, -0.2) is 4.68 Å². The maximum Gasteiger partial charge on any atom is 0.309 e. The van der Waals surface area contributed by atoms with E-state index in [4.69, 9.17) is 5.11 Å². The molecule has 8 nitrogen and oxygen atoms in total. The fraction of sp³-hybridized carbons (Fsp3) is 0.182. The third-order valence-corrected chi connectivity index (χ3v) is 2.59. The third kappa shape index (κ3) is 2.57. The van der Waals surface area contributed by atoms with Crippen LogP contribution in [0.4, 0.5) is 5.69 Å². The molecule has 19 heavy (non-hydrogen) atoms. The highest BCUT2D eigenvalue weighted by Gasteiger charge is 2.14. The fourth-order valence-electron chi connectivity index (χ4n) is 1.65. The number of carboxylic acids is 1. The molecule has 0 amide bonds. The standard InChI is InChI=1S/C11H10N4O4/c1-7-10(6-11(16)17)12-13-14(7)8-3-2-4-9(5-8)15(18)19/h2-5H,6H2,1H3,(H,16,17). The molecule has 0 fully saturated rings. The molecule has 0 aliphatic carbocycles. The Bertz CT molecular complexity index is 650. The molecule has 0 aliphatic rings. The van der Waals surface area contributed by atoms with Gasteiger partial charge >= 0.3 is 5.97 Å². The molecule has 0 bridgehead atoms. The second kappa shape index (κ2) is 4.84. The van der Waals surface area contributed by atoms with Crippen molar-refractivity contribution in [3.63, 3.8) is 0 Å². The van der Waals surface area contributed by atoms with Crippen LogP contribution in [0.25, 0.3) is 5.69 Å². The van der Waals surface area contributed by atoms with E-state index in [0.717, 1.165) is 0 Å². The molecule has 0 spiro atoms. The highest BCUT2D eigenvalue weighted by Crippen LogP contribution is 2.18. The van der Waals surface area contributed by atoms with Gasteiger partial charge < -0.3 is 5.11 Å². The number of nitro benzene ring substituents is 1. The summed E-state index contributed by atoms with van der Waals surface area (Å²) in [7, 11) is 0. The van der Waals surface area contributed by atoms with Gasteiger partial charge in [0.05, 0.1) is 28.4 Å². The first-order valence-electron chi connectivity index (χ1n) is 5.37. The molecule has 0 saturated heterocycles. The number of aliphatic carboxylic acids is 1. The number of hydrogen-bond donors (Lipinski definition) is 1. The summed E-state index contributed by atoms with van der Waals surface area (Å²) < 4.78 is 1.38. The van der Waals surface area contributed by atoms with Gasteiger partial charge in [0.15, 0.2) is 0 Å². The first-order chi connectivity index (χ1) is 8.99. The molecule has 0 unspecified atom stereocenters. The van der Waals surface area contributed by atoms with Gasteiger partial charge in [-0.1, -0.05) is 11.3 Å². The van der Waals surface area contributed by atoms with Gasteiger partial charge in [-0.15, -0.1) is 5.10 Å². The Hall–Kier alpha value is -2.77. The lowest BCUT2D eigenvalue weighted by Crippen LogP contribution is -2.04. The summed E-state index contributed by atoms with van der Waals surface area (Å²) in [4.78, 5) is 20.8. The van der Waals surface area contributed by atoms with Crippen molar-refractivity contribution in [2.75, 3.05) is 0 Å². The van der Waals surface area contributed by atoms with Crippen LogP contribution in [0.5, 0.6) is 0 Å². The van der Waals surface area contributed by atoms with Crippen LogP contribution in [-0.2, 0) is 11.2 Å². The Kier molecular flexibility index (Phi) is 3.23. The monoisotopic (exact) mass is 262 g/mol. The summed E-state index contributed by atoms with van der Waals surface area (Å²) in [6.45, 7) is 1.66. The van der Waals surface area contributed by atoms with Crippen molar-refractivity contribution in [3.8, 4) is 5.69 Å². The Labute approximate surface area is 107 Å². The summed E-state index contributed by atoms with van der Waals surface area (Å²) >= 11 is 0. The molecule has 1 heterocycles. The molecule has 1 aromatic heterocycles. The minimum Gasteiger partial charge on any atom is -0.481 e. The Balaban J connectivity index is 2.42. The number of non-ortho nitro benzene ring substituents is 1. The Morgan fingerprint density at radius 2 is 2.26 bits per heavy atom. The van der Waals surface area contributed by atoms with Gasteiger partial charge in [-0.2, -0.15) is 0 Å². The van der Waals surface area contributed by atoms with Crippen LogP contribution < -0.4 is 0 Å². The minimum absolute atomic E-state index is 0.0628. The van der Waals surface area contributed by atoms with Crippen molar-refractivity contribution in [2.45, 2.75) is 13.3 Å². The maximum atomic E-state index is 10.7. The van der Waals surface area contributed by atoms with Crippen LogP contribution in [0, 0.1) is 17.0 Å². The van der Waals surface area contributed by atoms with E-state index in [1.165, 1.54) is 22.9 Å². The number of rotatable bonds is 4. The quantitative estimate of drug-likeness (QED) is 0.652. The molecule has 1 aromatic carbocycles. The van der Waals surface area contributed by atoms with Gasteiger partial charge in [0.2, 0.25) is 0 Å². The van der Waals surface area contributed by atoms with Crippen LogP contribution in [0.2, 0.25) is 0 Å². The number of nitro groups is 1. The number of carboxylic acid groups (broad SMARTS) is 1. The first kappa shape index (κ1) is 12.7. The SMILES string of the molecule is Cc1c(CC(=O)O)nnn1-c1cccc([N+](=O)[O-])c1. The van der Waals surface area contributed by atoms with Crippen LogP contribution in [0.1, 0.15) is 11.4 Å². The first-order valence-corrected chi connectivity index (χ1v) is 5.37. The highest BCUT2D eigenvalue weighted by atomic mass is 16.6. The van der Waals surface area contributed by atoms with E-state index in [-0.39, 0.29) is 12.1 Å². The second-order valence-corrected chi connectivity index (χ2v) is 3.88. The fourth-order valence-corrected chi connectivity index (χ4v) is 1.65. The lowest BCUT2D eigenvalue weighted by Gasteiger charge is -2.03. The van der Waals surface area contributed by atoms with Crippen LogP contribution in [0.15, 0.2) is 24.3 Å². The van der Waals surface area contributed by atoms with Crippen molar-refractivity contribution in [1.82, 2.24) is 15.0 Å². The van der Waals surface area contributed by atoms with Gasteiger partial charge in [0.1, 0.15) is 0 Å². The highest BCUT2D eigenvalue weighted by molar-refractivity contribution is 5.69. The lowest BCUT2D eigenvalue weighted by molar-refractivity contribution is -0.384. The van der Waals surface area contributed by atoms with E-state index in [9.17, 15) is 14.9 Å². The molecule has 1 N–H and O–H groups in total. The summed E-state index contributed by atoms with van der Waals surface area (Å²) in [5.74, 6) is -1.01. The van der Waals surface area contributed by atoms with Crippen molar-refractivity contribution < 1.29 is 14.8 Å². The molecule has 0 radical (unpaired) electrons. The van der Waals surface area contributed by atoms with Crippen molar-refractivity contribution >= 4 is 11.7 Å².